The fourth-order valence-corrected chi connectivity index (χ4v) is 4.26. The van der Waals surface area contributed by atoms with Gasteiger partial charge in [-0.3, -0.25) is 0 Å². The predicted molar refractivity (Wildman–Crippen MR) is 78.0 cm³/mol. The third-order valence-electron chi connectivity index (χ3n) is 3.80. The third kappa shape index (κ3) is 2.31. The van der Waals surface area contributed by atoms with E-state index in [1.165, 1.54) is 24.4 Å². The number of aromatic nitrogens is 1. The van der Waals surface area contributed by atoms with Gasteiger partial charge in [0.2, 0.25) is 0 Å². The highest BCUT2D eigenvalue weighted by atomic mass is 32.2. The van der Waals surface area contributed by atoms with Gasteiger partial charge in [-0.2, -0.15) is 4.31 Å². The first-order chi connectivity index (χ1) is 10.3. The van der Waals surface area contributed by atoms with Gasteiger partial charge in [0.1, 0.15) is 11.4 Å². The topological polar surface area (TPSA) is 70.5 Å². The van der Waals surface area contributed by atoms with Crippen LogP contribution in [0.4, 0.5) is 4.39 Å². The fourth-order valence-electron chi connectivity index (χ4n) is 2.58. The van der Waals surface area contributed by atoms with E-state index >= 15 is 0 Å². The quantitative estimate of drug-likeness (QED) is 0.928. The maximum atomic E-state index is 13.8. The molecule has 0 aliphatic carbocycles. The van der Waals surface area contributed by atoms with Crippen molar-refractivity contribution in [1.29, 1.82) is 0 Å². The number of nitrogens with zero attached hydrogens (tertiary/aromatic N) is 2. The van der Waals surface area contributed by atoms with Crippen LogP contribution in [0.3, 0.4) is 0 Å². The Balaban J connectivity index is 1.87. The molecule has 0 bridgehead atoms. The summed E-state index contributed by atoms with van der Waals surface area (Å²) in [5.41, 5.74) is -0.857. The molecule has 3 rings (SSSR count). The van der Waals surface area contributed by atoms with E-state index in [9.17, 15) is 17.9 Å². The molecule has 5 nitrogen and oxygen atoms in total. The monoisotopic (exact) mass is 322 g/mol. The van der Waals surface area contributed by atoms with Crippen molar-refractivity contribution >= 4 is 10.0 Å². The summed E-state index contributed by atoms with van der Waals surface area (Å²) >= 11 is 0. The number of benzene rings is 1. The van der Waals surface area contributed by atoms with E-state index < -0.39 is 21.4 Å². The number of pyridine rings is 1. The van der Waals surface area contributed by atoms with Crippen molar-refractivity contribution in [2.24, 2.45) is 0 Å². The Morgan fingerprint density at radius 3 is 2.55 bits per heavy atom. The van der Waals surface area contributed by atoms with Crippen LogP contribution in [0.1, 0.15) is 11.1 Å². The van der Waals surface area contributed by atoms with Gasteiger partial charge in [-0.1, -0.05) is 24.3 Å². The second-order valence-electron chi connectivity index (χ2n) is 5.41. The van der Waals surface area contributed by atoms with Crippen LogP contribution >= 0.6 is 0 Å². The van der Waals surface area contributed by atoms with Crippen LogP contribution in [0.15, 0.2) is 47.6 Å². The lowest BCUT2D eigenvalue weighted by Gasteiger charge is -2.45. The van der Waals surface area contributed by atoms with E-state index in [0.717, 1.165) is 4.31 Å². The minimum atomic E-state index is -3.79. The molecule has 0 atom stereocenters. The zero-order chi connectivity index (χ0) is 16.0. The average molecular weight is 322 g/mol. The Hall–Kier alpha value is -1.83. The van der Waals surface area contributed by atoms with Crippen molar-refractivity contribution in [1.82, 2.24) is 9.29 Å². The summed E-state index contributed by atoms with van der Waals surface area (Å²) in [5.74, 6) is -0.545. The second kappa shape index (κ2) is 5.12. The Bertz CT molecular complexity index is 817. The fraction of sp³-hybridized carbons (Fsp3) is 0.267. The molecule has 1 fully saturated rings. The molecule has 1 saturated heterocycles. The van der Waals surface area contributed by atoms with Gasteiger partial charge in [0.25, 0.3) is 10.0 Å². The van der Waals surface area contributed by atoms with E-state index in [0.29, 0.717) is 5.56 Å². The van der Waals surface area contributed by atoms with Crippen molar-refractivity contribution in [2.45, 2.75) is 17.6 Å². The van der Waals surface area contributed by atoms with Crippen LogP contribution in [0.25, 0.3) is 0 Å². The van der Waals surface area contributed by atoms with Crippen molar-refractivity contribution in [3.63, 3.8) is 0 Å². The maximum Gasteiger partial charge on any atom is 0.261 e. The van der Waals surface area contributed by atoms with Crippen molar-refractivity contribution in [3.8, 4) is 0 Å². The van der Waals surface area contributed by atoms with E-state index in [1.807, 2.05) is 0 Å². The minimum absolute atomic E-state index is 0.0365. The molecule has 1 aromatic heterocycles. The predicted octanol–water partition coefficient (Wildman–Crippen LogP) is 1.42. The molecule has 2 heterocycles. The van der Waals surface area contributed by atoms with Crippen LogP contribution in [0.2, 0.25) is 0 Å². The van der Waals surface area contributed by atoms with E-state index in [1.54, 1.807) is 25.1 Å². The highest BCUT2D eigenvalue weighted by Gasteiger charge is 2.50. The van der Waals surface area contributed by atoms with Gasteiger partial charge in [0.15, 0.2) is 5.03 Å². The molecular formula is C15H15FN2O3S. The lowest BCUT2D eigenvalue weighted by atomic mass is 9.88. The van der Waals surface area contributed by atoms with Gasteiger partial charge in [0, 0.05) is 24.8 Å². The lowest BCUT2D eigenvalue weighted by Crippen LogP contribution is -2.61. The van der Waals surface area contributed by atoms with Crippen LogP contribution in [-0.4, -0.2) is 35.9 Å². The summed E-state index contributed by atoms with van der Waals surface area (Å²) in [6.45, 7) is 1.28. The third-order valence-corrected chi connectivity index (χ3v) is 5.65. The first-order valence-corrected chi connectivity index (χ1v) is 8.18. The second-order valence-corrected chi connectivity index (χ2v) is 7.26. The normalized spacial score (nSPS) is 18.0. The van der Waals surface area contributed by atoms with Gasteiger partial charge in [-0.25, -0.2) is 17.8 Å². The van der Waals surface area contributed by atoms with Gasteiger partial charge in [-0.15, -0.1) is 0 Å². The molecule has 116 valence electrons. The van der Waals surface area contributed by atoms with Gasteiger partial charge >= 0.3 is 0 Å². The Kier molecular flexibility index (Phi) is 3.51. The number of β-amino-alcohol motifs (C(OH)–C–C–N with tert-alkyl or cyclic N) is 1. The first-order valence-electron chi connectivity index (χ1n) is 6.74. The molecule has 0 radical (unpaired) electrons. The number of hydrogen-bond donors (Lipinski definition) is 1. The SMILES string of the molecule is Cc1cccnc1S(=O)(=O)N1CC(O)(c2ccccc2F)C1. The average Bonchev–Trinajstić information content (AvgIpc) is 2.44. The summed E-state index contributed by atoms with van der Waals surface area (Å²) in [5, 5.41) is 10.4. The van der Waals surface area contributed by atoms with Crippen LogP contribution in [0.5, 0.6) is 0 Å². The number of sulfonamides is 1. The zero-order valence-electron chi connectivity index (χ0n) is 11.9. The van der Waals surface area contributed by atoms with Gasteiger partial charge < -0.3 is 5.11 Å². The van der Waals surface area contributed by atoms with Crippen molar-refractivity contribution in [3.05, 3.63) is 59.5 Å². The smallest absolute Gasteiger partial charge is 0.261 e. The summed E-state index contributed by atoms with van der Waals surface area (Å²) in [6, 6.07) is 9.14. The summed E-state index contributed by atoms with van der Waals surface area (Å²) < 4.78 is 39.9. The summed E-state index contributed by atoms with van der Waals surface area (Å²) in [4.78, 5) is 3.91. The van der Waals surface area contributed by atoms with Gasteiger partial charge in [0.05, 0.1) is 0 Å². The molecule has 1 aliphatic heterocycles. The summed E-state index contributed by atoms with van der Waals surface area (Å²) in [7, 11) is -3.79. The number of aliphatic hydroxyl groups is 1. The maximum absolute atomic E-state index is 13.8. The van der Waals surface area contributed by atoms with Crippen LogP contribution < -0.4 is 0 Å². The largest absolute Gasteiger partial charge is 0.382 e. The molecule has 1 aliphatic rings. The van der Waals surface area contributed by atoms with E-state index in [4.69, 9.17) is 0 Å². The lowest BCUT2D eigenvalue weighted by molar-refractivity contribution is -0.0673. The molecule has 2 aromatic rings. The zero-order valence-corrected chi connectivity index (χ0v) is 12.7. The number of hydrogen-bond acceptors (Lipinski definition) is 4. The van der Waals surface area contributed by atoms with Crippen molar-refractivity contribution in [2.75, 3.05) is 13.1 Å². The molecule has 0 amide bonds. The molecule has 7 heteroatoms. The molecule has 1 N–H and O–H groups in total. The minimum Gasteiger partial charge on any atom is -0.382 e. The molecule has 1 aromatic carbocycles. The molecular weight excluding hydrogens is 307 g/mol. The standard InChI is InChI=1S/C15H15FN2O3S/c1-11-5-4-8-17-14(11)22(20,21)18-9-15(19,10-18)12-6-2-3-7-13(12)16/h2-8,19H,9-10H2,1H3. The van der Waals surface area contributed by atoms with E-state index in [-0.39, 0.29) is 23.7 Å². The molecule has 0 spiro atoms. The molecule has 0 saturated carbocycles. The first kappa shape index (κ1) is 15.1. The van der Waals surface area contributed by atoms with Crippen LogP contribution in [0, 0.1) is 12.7 Å². The summed E-state index contributed by atoms with van der Waals surface area (Å²) in [6.07, 6.45) is 1.41. The van der Waals surface area contributed by atoms with Gasteiger partial charge in [-0.05, 0) is 24.6 Å². The number of halogens is 1. The highest BCUT2D eigenvalue weighted by molar-refractivity contribution is 7.89. The Labute approximate surface area is 128 Å². The van der Waals surface area contributed by atoms with Crippen LogP contribution in [-0.2, 0) is 15.6 Å². The number of aryl methyl sites for hydroxylation is 1. The van der Waals surface area contributed by atoms with E-state index in [2.05, 4.69) is 4.98 Å². The molecule has 0 unspecified atom stereocenters. The number of rotatable bonds is 3. The van der Waals surface area contributed by atoms with Crippen molar-refractivity contribution < 1.29 is 17.9 Å². The Morgan fingerprint density at radius 2 is 1.91 bits per heavy atom. The Morgan fingerprint density at radius 1 is 1.23 bits per heavy atom. The molecule has 22 heavy (non-hydrogen) atoms. The highest BCUT2D eigenvalue weighted by Crippen LogP contribution is 2.36.